The fourth-order valence-corrected chi connectivity index (χ4v) is 5.68. The summed E-state index contributed by atoms with van der Waals surface area (Å²) in [6.07, 6.45) is 15.0. The van der Waals surface area contributed by atoms with Crippen molar-refractivity contribution < 1.29 is 0 Å². The van der Waals surface area contributed by atoms with E-state index in [0.717, 1.165) is 57.8 Å². The summed E-state index contributed by atoms with van der Waals surface area (Å²) in [6.45, 7) is 6.99. The molecule has 36 heavy (non-hydrogen) atoms. The van der Waals surface area contributed by atoms with Crippen molar-refractivity contribution in [2.24, 2.45) is 0 Å². The first kappa shape index (κ1) is 25.8. The average molecular weight is 478 g/mol. The molecular weight excluding hydrogens is 438 g/mol. The van der Waals surface area contributed by atoms with E-state index in [1.54, 1.807) is 33.4 Å². The maximum Gasteiger partial charge on any atom is 0.0406 e. The van der Waals surface area contributed by atoms with E-state index in [-0.39, 0.29) is 0 Å². The Kier molecular flexibility index (Phi) is 9.38. The van der Waals surface area contributed by atoms with Crippen molar-refractivity contribution in [3.63, 3.8) is 0 Å². The van der Waals surface area contributed by atoms with Gasteiger partial charge in [0, 0.05) is 35.7 Å². The summed E-state index contributed by atoms with van der Waals surface area (Å²) in [5, 5.41) is 0. The van der Waals surface area contributed by atoms with Crippen LogP contribution >= 0.6 is 0 Å². The summed E-state index contributed by atoms with van der Waals surface area (Å²) in [5.74, 6) is 0. The Bertz CT molecular complexity index is 1040. The predicted octanol–water partition coefficient (Wildman–Crippen LogP) is 6.91. The van der Waals surface area contributed by atoms with Crippen molar-refractivity contribution in [2.45, 2.75) is 78.6 Å². The number of hydrogen-bond donors (Lipinski definition) is 0. The van der Waals surface area contributed by atoms with E-state index in [9.17, 15) is 0 Å². The third-order valence-electron chi connectivity index (χ3n) is 7.32. The molecule has 0 radical (unpaired) electrons. The predicted molar refractivity (Wildman–Crippen MR) is 150 cm³/mol. The second-order valence-corrected chi connectivity index (χ2v) is 9.40. The second kappa shape index (κ2) is 13.1. The van der Waals surface area contributed by atoms with Crippen LogP contribution in [0.3, 0.4) is 0 Å². The molecule has 0 amide bonds. The lowest BCUT2D eigenvalue weighted by atomic mass is 9.79. The summed E-state index contributed by atoms with van der Waals surface area (Å²) in [4.78, 5) is 13.9. The highest BCUT2D eigenvalue weighted by atomic mass is 14.7. The minimum absolute atomic E-state index is 0.978. The Morgan fingerprint density at radius 3 is 0.917 bits per heavy atom. The van der Waals surface area contributed by atoms with E-state index in [1.807, 2.05) is 36.8 Å². The van der Waals surface area contributed by atoms with Crippen LogP contribution in [-0.4, -0.2) is 15.0 Å². The molecule has 3 nitrogen and oxygen atoms in total. The molecule has 0 saturated carbocycles. The SMILES string of the molecule is CCc1c(CCc2ccccn2)c(CC)c(CCc2ccccn2)c(CC)c1CCc1ccccn1. The molecule has 0 atom stereocenters. The quantitative estimate of drug-likeness (QED) is 0.222. The highest BCUT2D eigenvalue weighted by molar-refractivity contribution is 5.53. The van der Waals surface area contributed by atoms with Crippen molar-refractivity contribution in [3.8, 4) is 0 Å². The Hall–Kier alpha value is -3.33. The van der Waals surface area contributed by atoms with Gasteiger partial charge in [-0.25, -0.2) is 0 Å². The van der Waals surface area contributed by atoms with Crippen LogP contribution in [0.4, 0.5) is 0 Å². The molecule has 0 N–H and O–H groups in total. The lowest BCUT2D eigenvalue weighted by Crippen LogP contribution is -2.15. The summed E-state index contributed by atoms with van der Waals surface area (Å²) in [7, 11) is 0. The van der Waals surface area contributed by atoms with Crippen LogP contribution in [-0.2, 0) is 57.8 Å². The largest absolute Gasteiger partial charge is 0.261 e. The first-order valence-electron chi connectivity index (χ1n) is 13.6. The number of aromatic nitrogens is 3. The van der Waals surface area contributed by atoms with Crippen LogP contribution in [0.1, 0.15) is 71.2 Å². The monoisotopic (exact) mass is 477 g/mol. The molecule has 3 aromatic heterocycles. The van der Waals surface area contributed by atoms with Gasteiger partial charge in [0.15, 0.2) is 0 Å². The number of benzene rings is 1. The fourth-order valence-electron chi connectivity index (χ4n) is 5.68. The van der Waals surface area contributed by atoms with E-state index in [4.69, 9.17) is 0 Å². The van der Waals surface area contributed by atoms with Gasteiger partial charge < -0.3 is 0 Å². The minimum Gasteiger partial charge on any atom is -0.261 e. The molecule has 0 unspecified atom stereocenters. The Balaban J connectivity index is 1.77. The topological polar surface area (TPSA) is 38.7 Å². The number of hydrogen-bond acceptors (Lipinski definition) is 3. The van der Waals surface area contributed by atoms with Crippen LogP contribution in [0.2, 0.25) is 0 Å². The average Bonchev–Trinajstić information content (AvgIpc) is 2.94. The smallest absolute Gasteiger partial charge is 0.0406 e. The Morgan fingerprint density at radius 2 is 0.694 bits per heavy atom. The molecule has 0 fully saturated rings. The van der Waals surface area contributed by atoms with Crippen LogP contribution in [0.5, 0.6) is 0 Å². The lowest BCUT2D eigenvalue weighted by Gasteiger charge is -2.26. The van der Waals surface area contributed by atoms with Gasteiger partial charge in [0.05, 0.1) is 0 Å². The van der Waals surface area contributed by atoms with E-state index in [1.165, 1.54) is 17.1 Å². The van der Waals surface area contributed by atoms with E-state index >= 15 is 0 Å². The zero-order chi connectivity index (χ0) is 25.2. The van der Waals surface area contributed by atoms with Gasteiger partial charge in [-0.1, -0.05) is 39.0 Å². The van der Waals surface area contributed by atoms with Crippen LogP contribution < -0.4 is 0 Å². The molecule has 186 valence electrons. The standard InChI is InChI=1S/C33H39N3/c1-4-28-31(19-16-25-13-7-10-22-34-25)29(5-2)33(21-18-27-15-9-12-24-36-27)30(6-3)32(28)20-17-26-14-8-11-23-35-26/h7-15,22-24H,4-6,16-21H2,1-3H3. The molecule has 0 saturated heterocycles. The Morgan fingerprint density at radius 1 is 0.389 bits per heavy atom. The van der Waals surface area contributed by atoms with Gasteiger partial charge in [-0.15, -0.1) is 0 Å². The third-order valence-corrected chi connectivity index (χ3v) is 7.32. The summed E-state index contributed by atoms with van der Waals surface area (Å²) in [6, 6.07) is 18.8. The van der Waals surface area contributed by atoms with Gasteiger partial charge in [-0.3, -0.25) is 15.0 Å². The van der Waals surface area contributed by atoms with Gasteiger partial charge in [0.1, 0.15) is 0 Å². The van der Waals surface area contributed by atoms with Crippen LogP contribution in [0.25, 0.3) is 0 Å². The first-order chi connectivity index (χ1) is 17.7. The molecule has 0 spiro atoms. The van der Waals surface area contributed by atoms with E-state index in [2.05, 4.69) is 72.1 Å². The molecule has 4 rings (SSSR count). The van der Waals surface area contributed by atoms with Crippen molar-refractivity contribution in [2.75, 3.05) is 0 Å². The maximum atomic E-state index is 4.62. The van der Waals surface area contributed by atoms with Crippen LogP contribution in [0, 0.1) is 0 Å². The van der Waals surface area contributed by atoms with Crippen molar-refractivity contribution in [3.05, 3.63) is 124 Å². The normalized spacial score (nSPS) is 11.1. The lowest BCUT2D eigenvalue weighted by molar-refractivity contribution is 0.798. The zero-order valence-corrected chi connectivity index (χ0v) is 22.1. The number of aryl methyl sites for hydroxylation is 3. The number of nitrogens with zero attached hydrogens (tertiary/aromatic N) is 3. The third kappa shape index (κ3) is 6.26. The minimum atomic E-state index is 0.978. The number of rotatable bonds is 12. The molecule has 3 heterocycles. The number of pyridine rings is 3. The zero-order valence-electron chi connectivity index (χ0n) is 22.1. The van der Waals surface area contributed by atoms with Crippen molar-refractivity contribution in [1.82, 2.24) is 15.0 Å². The molecule has 4 aromatic rings. The molecule has 0 aliphatic heterocycles. The molecule has 0 aliphatic carbocycles. The van der Waals surface area contributed by atoms with Crippen molar-refractivity contribution in [1.29, 1.82) is 0 Å². The fraction of sp³-hybridized carbons (Fsp3) is 0.364. The first-order valence-corrected chi connectivity index (χ1v) is 13.6. The maximum absolute atomic E-state index is 4.62. The summed E-state index contributed by atoms with van der Waals surface area (Å²) >= 11 is 0. The van der Waals surface area contributed by atoms with Gasteiger partial charge >= 0.3 is 0 Å². The molecule has 3 heteroatoms. The highest BCUT2D eigenvalue weighted by Crippen LogP contribution is 2.33. The van der Waals surface area contributed by atoms with Crippen LogP contribution in [0.15, 0.2) is 73.2 Å². The highest BCUT2D eigenvalue weighted by Gasteiger charge is 2.21. The van der Waals surface area contributed by atoms with Crippen molar-refractivity contribution >= 4 is 0 Å². The van der Waals surface area contributed by atoms with Gasteiger partial charge in [-0.2, -0.15) is 0 Å². The van der Waals surface area contributed by atoms with Gasteiger partial charge in [0.2, 0.25) is 0 Å². The Labute approximate surface area is 217 Å². The van der Waals surface area contributed by atoms with E-state index < -0.39 is 0 Å². The summed E-state index contributed by atoms with van der Waals surface area (Å²) < 4.78 is 0. The molecule has 0 aliphatic rings. The van der Waals surface area contributed by atoms with E-state index in [0.29, 0.717) is 0 Å². The molecule has 0 bridgehead atoms. The van der Waals surface area contributed by atoms with Gasteiger partial charge in [-0.05, 0) is 128 Å². The van der Waals surface area contributed by atoms with Gasteiger partial charge in [0.25, 0.3) is 0 Å². The molecular formula is C33H39N3. The summed E-state index contributed by atoms with van der Waals surface area (Å²) in [5.41, 5.74) is 12.9. The second-order valence-electron chi connectivity index (χ2n) is 9.40. The molecule has 1 aromatic carbocycles.